The molecule has 1 saturated heterocycles. The summed E-state index contributed by atoms with van der Waals surface area (Å²) in [4.78, 5) is 0. The first-order chi connectivity index (χ1) is 8.27. The van der Waals surface area contributed by atoms with Crippen LogP contribution in [0.5, 0.6) is 5.75 Å². The normalized spacial score (nSPS) is 20.4. The van der Waals surface area contributed by atoms with Crippen LogP contribution in [0, 0.1) is 0 Å². The first-order valence-corrected chi connectivity index (χ1v) is 6.01. The summed E-state index contributed by atoms with van der Waals surface area (Å²) in [5.41, 5.74) is 0.714. The molecule has 0 spiro atoms. The zero-order chi connectivity index (χ0) is 12.1. The molecule has 0 saturated carbocycles. The second kappa shape index (κ2) is 6.21. The maximum Gasteiger partial charge on any atom is 0.121 e. The zero-order valence-electron chi connectivity index (χ0n) is 9.49. The lowest BCUT2D eigenvalue weighted by Gasteiger charge is -2.23. The number of rotatable bonds is 4. The number of ether oxygens (including phenoxy) is 2. The van der Waals surface area contributed by atoms with E-state index in [0.29, 0.717) is 43.5 Å². The van der Waals surface area contributed by atoms with E-state index < -0.39 is 0 Å². The third-order valence-electron chi connectivity index (χ3n) is 2.65. The Balaban J connectivity index is 1.81. The molecule has 1 heterocycles. The summed E-state index contributed by atoms with van der Waals surface area (Å²) in [6, 6.07) is 5.11. The van der Waals surface area contributed by atoms with E-state index >= 15 is 0 Å². The molecule has 0 aliphatic carbocycles. The summed E-state index contributed by atoms with van der Waals surface area (Å²) in [7, 11) is 0. The lowest BCUT2D eigenvalue weighted by atomic mass is 10.2. The van der Waals surface area contributed by atoms with Gasteiger partial charge in [-0.05, 0) is 12.1 Å². The predicted molar refractivity (Wildman–Crippen MR) is 65.4 cm³/mol. The molecule has 0 bridgehead atoms. The van der Waals surface area contributed by atoms with Crippen molar-refractivity contribution in [2.45, 2.75) is 12.6 Å². The molecule has 0 aromatic heterocycles. The summed E-state index contributed by atoms with van der Waals surface area (Å²) >= 11 is 6.00. The van der Waals surface area contributed by atoms with Crippen LogP contribution in [-0.2, 0) is 16.0 Å². The maximum absolute atomic E-state index is 9.65. The number of benzene rings is 1. The predicted octanol–water partition coefficient (Wildman–Crippen LogP) is 1.55. The van der Waals surface area contributed by atoms with Crippen molar-refractivity contribution in [2.75, 3.05) is 26.4 Å². The summed E-state index contributed by atoms with van der Waals surface area (Å²) in [6.07, 6.45) is 0.0772. The van der Waals surface area contributed by atoms with Crippen molar-refractivity contribution in [3.63, 3.8) is 0 Å². The van der Waals surface area contributed by atoms with Crippen LogP contribution in [0.2, 0.25) is 5.02 Å². The van der Waals surface area contributed by atoms with E-state index in [1.54, 1.807) is 18.2 Å². The van der Waals surface area contributed by atoms with Gasteiger partial charge in [0.15, 0.2) is 0 Å². The minimum Gasteiger partial charge on any atom is -0.508 e. The molecular weight excluding hydrogens is 242 g/mol. The van der Waals surface area contributed by atoms with Crippen LogP contribution in [-0.4, -0.2) is 37.6 Å². The molecule has 0 amide bonds. The summed E-state index contributed by atoms with van der Waals surface area (Å²) < 4.78 is 10.8. The molecule has 1 aromatic rings. The Morgan fingerprint density at radius 2 is 2.29 bits per heavy atom. The zero-order valence-corrected chi connectivity index (χ0v) is 10.2. The Morgan fingerprint density at radius 3 is 3.00 bits per heavy atom. The van der Waals surface area contributed by atoms with E-state index in [1.807, 2.05) is 0 Å². The van der Waals surface area contributed by atoms with E-state index in [4.69, 9.17) is 21.1 Å². The van der Waals surface area contributed by atoms with E-state index in [-0.39, 0.29) is 11.9 Å². The Labute approximate surface area is 105 Å². The van der Waals surface area contributed by atoms with Gasteiger partial charge in [-0.1, -0.05) is 17.7 Å². The topological polar surface area (TPSA) is 50.7 Å². The van der Waals surface area contributed by atoms with Gasteiger partial charge in [-0.15, -0.1) is 0 Å². The van der Waals surface area contributed by atoms with Gasteiger partial charge in [-0.2, -0.15) is 0 Å². The molecule has 0 radical (unpaired) electrons. The van der Waals surface area contributed by atoms with Crippen LogP contribution in [0.15, 0.2) is 18.2 Å². The largest absolute Gasteiger partial charge is 0.508 e. The average molecular weight is 258 g/mol. The molecular formula is C12H16ClNO3. The fourth-order valence-corrected chi connectivity index (χ4v) is 1.97. The highest BCUT2D eigenvalue weighted by Gasteiger charge is 2.14. The van der Waals surface area contributed by atoms with E-state index in [0.717, 1.165) is 0 Å². The Bertz CT molecular complexity index is 347. The van der Waals surface area contributed by atoms with E-state index in [2.05, 4.69) is 5.32 Å². The molecule has 94 valence electrons. The van der Waals surface area contributed by atoms with Crippen molar-refractivity contribution < 1.29 is 14.6 Å². The number of halogens is 1. The molecule has 1 aliphatic rings. The van der Waals surface area contributed by atoms with Crippen LogP contribution in [0.1, 0.15) is 5.56 Å². The van der Waals surface area contributed by atoms with Gasteiger partial charge < -0.3 is 19.9 Å². The molecule has 5 heteroatoms. The Morgan fingerprint density at radius 1 is 1.41 bits per heavy atom. The number of aromatic hydroxyl groups is 1. The molecule has 1 unspecified atom stereocenters. The number of phenols is 1. The highest BCUT2D eigenvalue weighted by atomic mass is 35.5. The standard InChI is InChI=1S/C12H16ClNO3/c13-11-2-1-3-12(15)10(11)7-14-6-9-8-16-4-5-17-9/h1-3,9,14-15H,4-8H2. The second-order valence-corrected chi connectivity index (χ2v) is 4.34. The molecule has 4 nitrogen and oxygen atoms in total. The summed E-state index contributed by atoms with van der Waals surface area (Å²) in [6.45, 7) is 3.13. The minimum absolute atomic E-state index is 0.0772. The van der Waals surface area contributed by atoms with E-state index in [1.165, 1.54) is 0 Å². The quantitative estimate of drug-likeness (QED) is 0.859. The van der Waals surface area contributed by atoms with Crippen molar-refractivity contribution >= 4 is 11.6 Å². The number of hydrogen-bond donors (Lipinski definition) is 2. The van der Waals surface area contributed by atoms with Crippen molar-refractivity contribution in [1.82, 2.24) is 5.32 Å². The molecule has 17 heavy (non-hydrogen) atoms. The smallest absolute Gasteiger partial charge is 0.121 e. The van der Waals surface area contributed by atoms with Crippen LogP contribution in [0.4, 0.5) is 0 Å². The summed E-state index contributed by atoms with van der Waals surface area (Å²) in [5.74, 6) is 0.214. The fraction of sp³-hybridized carbons (Fsp3) is 0.500. The van der Waals surface area contributed by atoms with E-state index in [9.17, 15) is 5.11 Å². The molecule has 1 atom stereocenters. The van der Waals surface area contributed by atoms with Crippen LogP contribution in [0.25, 0.3) is 0 Å². The van der Waals surface area contributed by atoms with Gasteiger partial charge >= 0.3 is 0 Å². The minimum atomic E-state index is 0.0772. The third-order valence-corrected chi connectivity index (χ3v) is 3.01. The fourth-order valence-electron chi connectivity index (χ4n) is 1.73. The van der Waals surface area contributed by atoms with Crippen LogP contribution >= 0.6 is 11.6 Å². The van der Waals surface area contributed by atoms with Gasteiger partial charge in [0.2, 0.25) is 0 Å². The van der Waals surface area contributed by atoms with Gasteiger partial charge in [-0.3, -0.25) is 0 Å². The van der Waals surface area contributed by atoms with Crippen molar-refractivity contribution in [3.8, 4) is 5.75 Å². The number of hydrogen-bond acceptors (Lipinski definition) is 4. The Kier molecular flexibility index (Phi) is 4.62. The van der Waals surface area contributed by atoms with Gasteiger partial charge in [0.05, 0.1) is 25.9 Å². The monoisotopic (exact) mass is 257 g/mol. The molecule has 1 aliphatic heterocycles. The Hall–Kier alpha value is -0.810. The van der Waals surface area contributed by atoms with Crippen molar-refractivity contribution in [1.29, 1.82) is 0 Å². The van der Waals surface area contributed by atoms with Gasteiger partial charge in [0.25, 0.3) is 0 Å². The molecule has 2 rings (SSSR count). The van der Waals surface area contributed by atoms with Gasteiger partial charge in [0.1, 0.15) is 5.75 Å². The number of nitrogens with one attached hydrogen (secondary N) is 1. The molecule has 1 fully saturated rings. The molecule has 1 aromatic carbocycles. The summed E-state index contributed by atoms with van der Waals surface area (Å²) in [5, 5.41) is 13.4. The highest BCUT2D eigenvalue weighted by molar-refractivity contribution is 6.31. The van der Waals surface area contributed by atoms with Crippen LogP contribution in [0.3, 0.4) is 0 Å². The lowest BCUT2D eigenvalue weighted by Crippen LogP contribution is -2.37. The SMILES string of the molecule is Oc1cccc(Cl)c1CNCC1COCCO1. The second-order valence-electron chi connectivity index (χ2n) is 3.94. The average Bonchev–Trinajstić information content (AvgIpc) is 2.34. The third kappa shape index (κ3) is 3.57. The number of phenolic OH excluding ortho intramolecular Hbond substituents is 1. The lowest BCUT2D eigenvalue weighted by molar-refractivity contribution is -0.0864. The first-order valence-electron chi connectivity index (χ1n) is 5.64. The molecule has 2 N–H and O–H groups in total. The van der Waals surface area contributed by atoms with Gasteiger partial charge in [-0.25, -0.2) is 0 Å². The van der Waals surface area contributed by atoms with Crippen LogP contribution < -0.4 is 5.32 Å². The van der Waals surface area contributed by atoms with Crippen molar-refractivity contribution in [2.24, 2.45) is 0 Å². The first kappa shape index (κ1) is 12.6. The highest BCUT2D eigenvalue weighted by Crippen LogP contribution is 2.24. The van der Waals surface area contributed by atoms with Crippen molar-refractivity contribution in [3.05, 3.63) is 28.8 Å². The maximum atomic E-state index is 9.65. The van der Waals surface area contributed by atoms with Gasteiger partial charge in [0, 0.05) is 23.7 Å².